The van der Waals surface area contributed by atoms with E-state index in [-0.39, 0.29) is 5.41 Å². The summed E-state index contributed by atoms with van der Waals surface area (Å²) in [7, 11) is 0. The van der Waals surface area contributed by atoms with E-state index in [0.29, 0.717) is 5.92 Å². The van der Waals surface area contributed by atoms with Gasteiger partial charge in [-0.15, -0.1) is 0 Å². The van der Waals surface area contributed by atoms with Crippen LogP contribution >= 0.6 is 0 Å². The van der Waals surface area contributed by atoms with E-state index in [1.54, 1.807) is 0 Å². The molecule has 0 spiro atoms. The number of aromatic nitrogens is 1. The van der Waals surface area contributed by atoms with Crippen LogP contribution in [0, 0.1) is 5.92 Å². The molecular weight excluding hydrogens is 410 g/mol. The average Bonchev–Trinajstić information content (AvgIpc) is 3.36. The van der Waals surface area contributed by atoms with E-state index < -0.39 is 0 Å². The SMILES string of the molecule is CC1(C)c2cc(-c3ccc(-c4ccc5[nH]c6ccccc6c5c4)cc3)ccc2C2=CC=CCC21. The fraction of sp³-hybridized carbons (Fsp3) is 0.152. The average molecular weight is 438 g/mol. The van der Waals surface area contributed by atoms with Crippen LogP contribution in [0.3, 0.4) is 0 Å². The van der Waals surface area contributed by atoms with Gasteiger partial charge in [-0.2, -0.15) is 0 Å². The normalized spacial score (nSPS) is 18.2. The Morgan fingerprint density at radius 3 is 2.21 bits per heavy atom. The summed E-state index contributed by atoms with van der Waals surface area (Å²) in [5, 5.41) is 2.56. The van der Waals surface area contributed by atoms with E-state index in [9.17, 15) is 0 Å². The summed E-state index contributed by atoms with van der Waals surface area (Å²) in [4.78, 5) is 3.52. The molecule has 164 valence electrons. The number of allylic oxidation sites excluding steroid dienone is 4. The highest BCUT2D eigenvalue weighted by atomic mass is 14.7. The van der Waals surface area contributed by atoms with Crippen LogP contribution in [0.15, 0.2) is 103 Å². The van der Waals surface area contributed by atoms with Crippen LogP contribution in [0.4, 0.5) is 0 Å². The molecule has 1 N–H and O–H groups in total. The Morgan fingerprint density at radius 1 is 0.706 bits per heavy atom. The van der Waals surface area contributed by atoms with Crippen LogP contribution in [-0.4, -0.2) is 4.98 Å². The highest BCUT2D eigenvalue weighted by Crippen LogP contribution is 2.53. The van der Waals surface area contributed by atoms with Gasteiger partial charge in [-0.3, -0.25) is 0 Å². The van der Waals surface area contributed by atoms with Gasteiger partial charge in [-0.1, -0.05) is 92.7 Å². The zero-order valence-electron chi connectivity index (χ0n) is 19.6. The van der Waals surface area contributed by atoms with E-state index in [4.69, 9.17) is 0 Å². The summed E-state index contributed by atoms with van der Waals surface area (Å²) >= 11 is 0. The number of fused-ring (bicyclic) bond motifs is 6. The molecule has 0 saturated heterocycles. The minimum Gasteiger partial charge on any atom is -0.355 e. The first-order chi connectivity index (χ1) is 16.6. The zero-order valence-corrected chi connectivity index (χ0v) is 19.6. The second kappa shape index (κ2) is 7.08. The Hall–Kier alpha value is -3.84. The Morgan fingerprint density at radius 2 is 1.38 bits per heavy atom. The Balaban J connectivity index is 1.26. The van der Waals surface area contributed by atoms with E-state index in [0.717, 1.165) is 6.42 Å². The first-order valence-electron chi connectivity index (χ1n) is 12.2. The number of rotatable bonds is 2. The lowest BCUT2D eigenvalue weighted by atomic mass is 9.74. The molecule has 0 fully saturated rings. The number of hydrogen-bond acceptors (Lipinski definition) is 0. The minimum absolute atomic E-state index is 0.163. The number of H-pyrrole nitrogens is 1. The van der Waals surface area contributed by atoms with Gasteiger partial charge in [0, 0.05) is 21.8 Å². The van der Waals surface area contributed by atoms with Crippen molar-refractivity contribution in [3.63, 3.8) is 0 Å². The predicted octanol–water partition coefficient (Wildman–Crippen LogP) is 8.91. The largest absolute Gasteiger partial charge is 0.355 e. The van der Waals surface area contributed by atoms with Gasteiger partial charge in [-0.25, -0.2) is 0 Å². The topological polar surface area (TPSA) is 15.8 Å². The second-order valence-electron chi connectivity index (χ2n) is 10.3. The van der Waals surface area contributed by atoms with Gasteiger partial charge in [0.15, 0.2) is 0 Å². The molecule has 1 heterocycles. The van der Waals surface area contributed by atoms with E-state index in [1.165, 1.54) is 60.8 Å². The Labute approximate surface area is 200 Å². The molecule has 0 amide bonds. The van der Waals surface area contributed by atoms with Crippen molar-refractivity contribution in [3.8, 4) is 22.3 Å². The third-order valence-corrected chi connectivity index (χ3v) is 8.11. The quantitative estimate of drug-likeness (QED) is 0.284. The standard InChI is InChI=1S/C33H27N/c1-33(2)29-9-5-3-7-25(29)26-17-15-24(20-30(26)33)22-13-11-21(12-14-22)23-16-18-32-28(19-23)27-8-4-6-10-31(27)34-32/h3-8,10-20,29,34H,9H2,1-2H3. The lowest BCUT2D eigenvalue weighted by molar-refractivity contribution is 0.415. The third kappa shape index (κ3) is 2.80. The molecule has 0 aliphatic heterocycles. The molecule has 34 heavy (non-hydrogen) atoms. The number of aromatic amines is 1. The molecule has 0 radical (unpaired) electrons. The van der Waals surface area contributed by atoms with Gasteiger partial charge in [0.1, 0.15) is 0 Å². The smallest absolute Gasteiger partial charge is 0.0465 e. The summed E-state index contributed by atoms with van der Waals surface area (Å²) in [5.41, 5.74) is 12.1. The molecule has 1 unspecified atom stereocenters. The molecule has 0 saturated carbocycles. The first kappa shape index (κ1) is 19.6. The molecule has 4 aromatic carbocycles. The maximum Gasteiger partial charge on any atom is 0.0465 e. The fourth-order valence-electron chi connectivity index (χ4n) is 6.17. The number of benzene rings is 4. The summed E-state index contributed by atoms with van der Waals surface area (Å²) in [6.07, 6.45) is 7.99. The first-order valence-corrected chi connectivity index (χ1v) is 12.2. The van der Waals surface area contributed by atoms with Gasteiger partial charge in [0.05, 0.1) is 0 Å². The van der Waals surface area contributed by atoms with Crippen LogP contribution in [0.2, 0.25) is 0 Å². The van der Waals surface area contributed by atoms with E-state index in [1.807, 2.05) is 0 Å². The van der Waals surface area contributed by atoms with Crippen LogP contribution in [0.1, 0.15) is 31.4 Å². The monoisotopic (exact) mass is 437 g/mol. The molecule has 1 heteroatoms. The Bertz CT molecular complexity index is 1640. The van der Waals surface area contributed by atoms with Crippen molar-refractivity contribution >= 4 is 27.4 Å². The van der Waals surface area contributed by atoms with Gasteiger partial charge >= 0.3 is 0 Å². The summed E-state index contributed by atoms with van der Waals surface area (Å²) in [5.74, 6) is 0.588. The summed E-state index contributed by atoms with van der Waals surface area (Å²) in [6.45, 7) is 4.81. The predicted molar refractivity (Wildman–Crippen MR) is 145 cm³/mol. The van der Waals surface area contributed by atoms with Gasteiger partial charge < -0.3 is 4.98 Å². The zero-order chi connectivity index (χ0) is 22.9. The molecule has 1 atom stereocenters. The number of hydrogen-bond donors (Lipinski definition) is 1. The molecule has 2 aliphatic rings. The fourth-order valence-corrected chi connectivity index (χ4v) is 6.17. The molecule has 7 rings (SSSR count). The summed E-state index contributed by atoms with van der Waals surface area (Å²) in [6, 6.07) is 31.4. The molecule has 2 aliphatic carbocycles. The van der Waals surface area contributed by atoms with Gasteiger partial charge in [0.25, 0.3) is 0 Å². The molecule has 0 bridgehead atoms. The summed E-state index contributed by atoms with van der Waals surface area (Å²) < 4.78 is 0. The number of nitrogens with one attached hydrogen (secondary N) is 1. The minimum atomic E-state index is 0.163. The van der Waals surface area contributed by atoms with Crippen molar-refractivity contribution in [2.24, 2.45) is 5.92 Å². The van der Waals surface area contributed by atoms with Crippen molar-refractivity contribution in [3.05, 3.63) is 114 Å². The van der Waals surface area contributed by atoms with E-state index >= 15 is 0 Å². The van der Waals surface area contributed by atoms with Gasteiger partial charge in [-0.05, 0) is 81.0 Å². The van der Waals surface area contributed by atoms with Crippen molar-refractivity contribution in [2.75, 3.05) is 0 Å². The second-order valence-corrected chi connectivity index (χ2v) is 10.3. The van der Waals surface area contributed by atoms with Crippen LogP contribution < -0.4 is 0 Å². The maximum absolute atomic E-state index is 3.52. The highest BCUT2D eigenvalue weighted by molar-refractivity contribution is 6.08. The third-order valence-electron chi connectivity index (χ3n) is 8.11. The van der Waals surface area contributed by atoms with Crippen molar-refractivity contribution in [2.45, 2.75) is 25.7 Å². The van der Waals surface area contributed by atoms with Crippen LogP contribution in [-0.2, 0) is 5.41 Å². The van der Waals surface area contributed by atoms with Crippen molar-refractivity contribution in [1.82, 2.24) is 4.98 Å². The maximum atomic E-state index is 3.52. The lowest BCUT2D eigenvalue weighted by Crippen LogP contribution is -2.23. The number of para-hydroxylation sites is 1. The molecule has 1 aromatic heterocycles. The Kier molecular flexibility index (Phi) is 4.08. The molecular formula is C33H27N. The lowest BCUT2D eigenvalue weighted by Gasteiger charge is -2.29. The van der Waals surface area contributed by atoms with Crippen molar-refractivity contribution in [1.29, 1.82) is 0 Å². The van der Waals surface area contributed by atoms with Gasteiger partial charge in [0.2, 0.25) is 0 Å². The molecule has 1 nitrogen and oxygen atoms in total. The van der Waals surface area contributed by atoms with E-state index in [2.05, 4.69) is 122 Å². The molecule has 5 aromatic rings. The highest BCUT2D eigenvalue weighted by Gasteiger charge is 2.42. The van der Waals surface area contributed by atoms with Crippen LogP contribution in [0.5, 0.6) is 0 Å². The van der Waals surface area contributed by atoms with Crippen molar-refractivity contribution < 1.29 is 0 Å². The van der Waals surface area contributed by atoms with Crippen LogP contribution in [0.25, 0.3) is 49.6 Å².